The van der Waals surface area contributed by atoms with E-state index in [1.54, 1.807) is 0 Å². The fourth-order valence-corrected chi connectivity index (χ4v) is 1.73. The Labute approximate surface area is 80.8 Å². The van der Waals surface area contributed by atoms with Crippen molar-refractivity contribution < 1.29 is 9.53 Å². The zero-order valence-corrected chi connectivity index (χ0v) is 9.14. The second kappa shape index (κ2) is 5.97. The number of carbonyl (C=O) groups is 1. The molecule has 0 radical (unpaired) electrons. The summed E-state index contributed by atoms with van der Waals surface area (Å²) in [5, 5.41) is 3.09. The monoisotopic (exact) mass is 187 g/mol. The molecule has 1 N–H and O–H groups in total. The lowest BCUT2D eigenvalue weighted by molar-refractivity contribution is -0.149. The third-order valence-corrected chi connectivity index (χ3v) is 2.41. The number of hydrogen-bond donors (Lipinski definition) is 1. The van der Waals surface area contributed by atoms with Gasteiger partial charge in [0.15, 0.2) is 0 Å². The lowest BCUT2D eigenvalue weighted by Crippen LogP contribution is -2.50. The molecule has 0 aromatic heterocycles. The average Bonchev–Trinajstić information content (AvgIpc) is 2.16. The molecule has 0 amide bonds. The van der Waals surface area contributed by atoms with Gasteiger partial charge in [-0.25, -0.2) is 0 Å². The smallest absolute Gasteiger partial charge is 0.326 e. The van der Waals surface area contributed by atoms with E-state index >= 15 is 0 Å². The van der Waals surface area contributed by atoms with Gasteiger partial charge in [-0.15, -0.1) is 0 Å². The van der Waals surface area contributed by atoms with Crippen LogP contribution in [0.2, 0.25) is 0 Å². The molecule has 0 aliphatic heterocycles. The quantitative estimate of drug-likeness (QED) is 0.643. The van der Waals surface area contributed by atoms with Crippen LogP contribution in [0.1, 0.15) is 39.5 Å². The van der Waals surface area contributed by atoms with Gasteiger partial charge < -0.3 is 10.1 Å². The molecule has 3 nitrogen and oxygen atoms in total. The molecule has 0 saturated heterocycles. The van der Waals surface area contributed by atoms with Gasteiger partial charge in [-0.1, -0.05) is 26.7 Å². The molecule has 0 bridgehead atoms. The van der Waals surface area contributed by atoms with E-state index in [1.807, 2.05) is 7.05 Å². The lowest BCUT2D eigenvalue weighted by Gasteiger charge is -2.29. The SMILES string of the molecule is CCCC(CCC)(NC)C(=O)OC. The number of methoxy groups -OCH3 is 1. The summed E-state index contributed by atoms with van der Waals surface area (Å²) in [5.74, 6) is -0.140. The Morgan fingerprint density at radius 2 is 1.77 bits per heavy atom. The first-order valence-electron chi connectivity index (χ1n) is 4.94. The molecule has 0 atom stereocenters. The molecule has 0 aromatic carbocycles. The first-order valence-corrected chi connectivity index (χ1v) is 4.94. The van der Waals surface area contributed by atoms with E-state index in [0.717, 1.165) is 25.7 Å². The van der Waals surface area contributed by atoms with Crippen LogP contribution in [0.15, 0.2) is 0 Å². The minimum absolute atomic E-state index is 0.140. The fourth-order valence-electron chi connectivity index (χ4n) is 1.73. The molecule has 13 heavy (non-hydrogen) atoms. The summed E-state index contributed by atoms with van der Waals surface area (Å²) in [6.07, 6.45) is 3.64. The summed E-state index contributed by atoms with van der Waals surface area (Å²) in [7, 11) is 3.27. The van der Waals surface area contributed by atoms with E-state index < -0.39 is 5.54 Å². The molecule has 0 saturated carbocycles. The summed E-state index contributed by atoms with van der Waals surface area (Å²) in [6.45, 7) is 4.15. The first-order chi connectivity index (χ1) is 6.16. The van der Waals surface area contributed by atoms with Crippen LogP contribution in [0.4, 0.5) is 0 Å². The number of ether oxygens (including phenoxy) is 1. The normalized spacial score (nSPS) is 11.4. The summed E-state index contributed by atoms with van der Waals surface area (Å²) >= 11 is 0. The van der Waals surface area contributed by atoms with Gasteiger partial charge in [0.25, 0.3) is 0 Å². The van der Waals surface area contributed by atoms with Gasteiger partial charge in [0.1, 0.15) is 5.54 Å². The third-order valence-electron chi connectivity index (χ3n) is 2.41. The minimum atomic E-state index is -0.460. The Morgan fingerprint density at radius 1 is 1.31 bits per heavy atom. The highest BCUT2D eigenvalue weighted by atomic mass is 16.5. The van der Waals surface area contributed by atoms with Crippen LogP contribution in [0.3, 0.4) is 0 Å². The summed E-state index contributed by atoms with van der Waals surface area (Å²) in [4.78, 5) is 11.6. The van der Waals surface area contributed by atoms with Crippen LogP contribution in [0, 0.1) is 0 Å². The largest absolute Gasteiger partial charge is 0.468 e. The second-order valence-electron chi connectivity index (χ2n) is 3.32. The Balaban J connectivity index is 4.52. The van der Waals surface area contributed by atoms with Crippen molar-refractivity contribution in [3.05, 3.63) is 0 Å². The minimum Gasteiger partial charge on any atom is -0.468 e. The Hall–Kier alpha value is -0.570. The van der Waals surface area contributed by atoms with Crippen molar-refractivity contribution in [1.82, 2.24) is 5.32 Å². The number of nitrogens with one attached hydrogen (secondary N) is 1. The molecule has 3 heteroatoms. The molecule has 0 aliphatic carbocycles. The van der Waals surface area contributed by atoms with E-state index in [9.17, 15) is 4.79 Å². The van der Waals surface area contributed by atoms with E-state index in [0.29, 0.717) is 0 Å². The van der Waals surface area contributed by atoms with Gasteiger partial charge in [-0.3, -0.25) is 4.79 Å². The fraction of sp³-hybridized carbons (Fsp3) is 0.900. The molecule has 0 heterocycles. The van der Waals surface area contributed by atoms with Crippen LogP contribution in [-0.2, 0) is 9.53 Å². The number of hydrogen-bond acceptors (Lipinski definition) is 3. The van der Waals surface area contributed by atoms with Crippen molar-refractivity contribution in [3.63, 3.8) is 0 Å². The van der Waals surface area contributed by atoms with Crippen LogP contribution >= 0.6 is 0 Å². The van der Waals surface area contributed by atoms with Crippen molar-refractivity contribution in [2.45, 2.75) is 45.1 Å². The zero-order valence-electron chi connectivity index (χ0n) is 9.14. The highest BCUT2D eigenvalue weighted by molar-refractivity contribution is 5.80. The van der Waals surface area contributed by atoms with Gasteiger partial charge in [0.2, 0.25) is 0 Å². The maximum atomic E-state index is 11.6. The molecular weight excluding hydrogens is 166 g/mol. The number of carbonyl (C=O) groups excluding carboxylic acids is 1. The van der Waals surface area contributed by atoms with Gasteiger partial charge in [-0.05, 0) is 19.9 Å². The van der Waals surface area contributed by atoms with Crippen LogP contribution in [0.25, 0.3) is 0 Å². The number of esters is 1. The molecule has 0 unspecified atom stereocenters. The Morgan fingerprint density at radius 3 is 2.00 bits per heavy atom. The first kappa shape index (κ1) is 12.4. The third kappa shape index (κ3) is 2.99. The van der Waals surface area contributed by atoms with Crippen LogP contribution < -0.4 is 5.32 Å². The average molecular weight is 187 g/mol. The van der Waals surface area contributed by atoms with Crippen LogP contribution in [0.5, 0.6) is 0 Å². The molecule has 0 aromatic rings. The van der Waals surface area contributed by atoms with Gasteiger partial charge >= 0.3 is 5.97 Å². The van der Waals surface area contributed by atoms with Gasteiger partial charge in [-0.2, -0.15) is 0 Å². The Kier molecular flexibility index (Phi) is 5.71. The van der Waals surface area contributed by atoms with E-state index in [2.05, 4.69) is 19.2 Å². The maximum Gasteiger partial charge on any atom is 0.326 e. The predicted octanol–water partition coefficient (Wildman–Crippen LogP) is 1.72. The zero-order chi connectivity index (χ0) is 10.3. The van der Waals surface area contributed by atoms with E-state index in [1.165, 1.54) is 7.11 Å². The maximum absolute atomic E-state index is 11.6. The van der Waals surface area contributed by atoms with E-state index in [4.69, 9.17) is 4.74 Å². The standard InChI is InChI=1S/C10H21NO2/c1-5-7-10(11-3,8-6-2)9(12)13-4/h11H,5-8H2,1-4H3. The lowest BCUT2D eigenvalue weighted by atomic mass is 9.89. The Bertz CT molecular complexity index is 151. The van der Waals surface area contributed by atoms with Crippen molar-refractivity contribution >= 4 is 5.97 Å². The van der Waals surface area contributed by atoms with Gasteiger partial charge in [0.05, 0.1) is 7.11 Å². The number of rotatable bonds is 6. The molecule has 0 fully saturated rings. The summed E-state index contributed by atoms with van der Waals surface area (Å²) < 4.78 is 4.81. The summed E-state index contributed by atoms with van der Waals surface area (Å²) in [6, 6.07) is 0. The van der Waals surface area contributed by atoms with E-state index in [-0.39, 0.29) is 5.97 Å². The second-order valence-corrected chi connectivity index (χ2v) is 3.32. The molecule has 78 valence electrons. The van der Waals surface area contributed by atoms with Crippen molar-refractivity contribution in [2.24, 2.45) is 0 Å². The highest BCUT2D eigenvalue weighted by Crippen LogP contribution is 2.20. The van der Waals surface area contributed by atoms with Crippen molar-refractivity contribution in [2.75, 3.05) is 14.2 Å². The predicted molar refractivity (Wildman–Crippen MR) is 53.6 cm³/mol. The van der Waals surface area contributed by atoms with Crippen LogP contribution in [-0.4, -0.2) is 25.7 Å². The number of likely N-dealkylation sites (N-methyl/N-ethyl adjacent to an activating group) is 1. The summed E-state index contributed by atoms with van der Waals surface area (Å²) in [5.41, 5.74) is -0.460. The van der Waals surface area contributed by atoms with Crippen molar-refractivity contribution in [3.8, 4) is 0 Å². The van der Waals surface area contributed by atoms with Crippen molar-refractivity contribution in [1.29, 1.82) is 0 Å². The molecular formula is C10H21NO2. The molecule has 0 rings (SSSR count). The molecule has 0 aliphatic rings. The van der Waals surface area contributed by atoms with Gasteiger partial charge in [0, 0.05) is 0 Å². The highest BCUT2D eigenvalue weighted by Gasteiger charge is 2.35. The molecule has 0 spiro atoms. The topological polar surface area (TPSA) is 38.3 Å².